The molecule has 1 heterocycles. The van der Waals surface area contributed by atoms with Crippen LogP contribution in [0, 0.1) is 13.8 Å². The van der Waals surface area contributed by atoms with E-state index in [0.29, 0.717) is 23.7 Å². The highest BCUT2D eigenvalue weighted by Gasteiger charge is 2.21. The lowest BCUT2D eigenvalue weighted by atomic mass is 10.0. The monoisotopic (exact) mass is 369 g/mol. The van der Waals surface area contributed by atoms with E-state index in [1.807, 2.05) is 43.3 Å². The Balaban J connectivity index is 2.13. The highest BCUT2D eigenvalue weighted by molar-refractivity contribution is 6.31. The highest BCUT2D eigenvalue weighted by Crippen LogP contribution is 2.30. The van der Waals surface area contributed by atoms with Crippen LogP contribution in [0.15, 0.2) is 42.5 Å². The Labute approximate surface area is 157 Å². The first-order valence-corrected chi connectivity index (χ1v) is 8.63. The number of carboxylic acid groups (broad SMARTS) is 1. The SMILES string of the molecule is Cc1ccc(Cn2nc(C(=O)O)c(C)c2-c2ccc(Cl)c(CN)c2)cc1. The summed E-state index contributed by atoms with van der Waals surface area (Å²) in [6, 6.07) is 13.6. The molecule has 0 bridgehead atoms. The van der Waals surface area contributed by atoms with E-state index in [2.05, 4.69) is 5.10 Å². The summed E-state index contributed by atoms with van der Waals surface area (Å²) < 4.78 is 1.73. The molecule has 0 atom stereocenters. The van der Waals surface area contributed by atoms with Crippen LogP contribution < -0.4 is 5.73 Å². The maximum absolute atomic E-state index is 11.6. The summed E-state index contributed by atoms with van der Waals surface area (Å²) >= 11 is 6.17. The Morgan fingerprint density at radius 1 is 1.19 bits per heavy atom. The van der Waals surface area contributed by atoms with Gasteiger partial charge in [-0.2, -0.15) is 5.10 Å². The van der Waals surface area contributed by atoms with Crippen molar-refractivity contribution in [1.29, 1.82) is 0 Å². The fourth-order valence-electron chi connectivity index (χ4n) is 2.98. The van der Waals surface area contributed by atoms with Gasteiger partial charge in [0.15, 0.2) is 5.69 Å². The van der Waals surface area contributed by atoms with Gasteiger partial charge in [-0.3, -0.25) is 4.68 Å². The quantitative estimate of drug-likeness (QED) is 0.711. The molecule has 0 radical (unpaired) electrons. The molecule has 0 aliphatic rings. The van der Waals surface area contributed by atoms with Crippen molar-refractivity contribution in [3.8, 4) is 11.3 Å². The van der Waals surface area contributed by atoms with E-state index in [1.165, 1.54) is 5.56 Å². The Morgan fingerprint density at radius 3 is 2.50 bits per heavy atom. The molecule has 0 spiro atoms. The summed E-state index contributed by atoms with van der Waals surface area (Å²) in [5, 5.41) is 14.4. The fraction of sp³-hybridized carbons (Fsp3) is 0.200. The minimum Gasteiger partial charge on any atom is -0.476 e. The van der Waals surface area contributed by atoms with Gasteiger partial charge in [-0.05, 0) is 37.1 Å². The number of carboxylic acids is 1. The number of nitrogens with two attached hydrogens (primary N) is 1. The van der Waals surface area contributed by atoms with Gasteiger partial charge in [0.1, 0.15) is 0 Å². The van der Waals surface area contributed by atoms with Gasteiger partial charge >= 0.3 is 5.97 Å². The van der Waals surface area contributed by atoms with Gasteiger partial charge in [0, 0.05) is 22.7 Å². The van der Waals surface area contributed by atoms with Crippen LogP contribution in [0.3, 0.4) is 0 Å². The lowest BCUT2D eigenvalue weighted by Crippen LogP contribution is -2.06. The summed E-state index contributed by atoms with van der Waals surface area (Å²) in [4.78, 5) is 11.6. The van der Waals surface area contributed by atoms with E-state index in [-0.39, 0.29) is 5.69 Å². The van der Waals surface area contributed by atoms with Gasteiger partial charge in [-0.1, -0.05) is 47.5 Å². The van der Waals surface area contributed by atoms with Gasteiger partial charge in [0.2, 0.25) is 0 Å². The Hall–Kier alpha value is -2.63. The number of aromatic carboxylic acids is 1. The van der Waals surface area contributed by atoms with Crippen molar-refractivity contribution in [3.05, 3.63) is 75.4 Å². The van der Waals surface area contributed by atoms with Crippen molar-refractivity contribution in [2.45, 2.75) is 26.9 Å². The molecule has 3 aromatic rings. The van der Waals surface area contributed by atoms with E-state index in [4.69, 9.17) is 17.3 Å². The molecule has 3 rings (SSSR count). The van der Waals surface area contributed by atoms with Crippen molar-refractivity contribution < 1.29 is 9.90 Å². The van der Waals surface area contributed by atoms with E-state index < -0.39 is 5.97 Å². The van der Waals surface area contributed by atoms with E-state index in [9.17, 15) is 9.90 Å². The van der Waals surface area contributed by atoms with Crippen LogP contribution in [-0.4, -0.2) is 20.9 Å². The standard InChI is InChI=1S/C20H20ClN3O2/c1-12-3-5-14(6-4-12)11-24-19(13(2)18(23-24)20(25)26)15-7-8-17(21)16(9-15)10-22/h3-9H,10-11,22H2,1-2H3,(H,25,26). The van der Waals surface area contributed by atoms with Gasteiger partial charge in [0.25, 0.3) is 0 Å². The highest BCUT2D eigenvalue weighted by atomic mass is 35.5. The topological polar surface area (TPSA) is 81.1 Å². The summed E-state index contributed by atoms with van der Waals surface area (Å²) in [5.74, 6) is -1.04. The number of benzene rings is 2. The lowest BCUT2D eigenvalue weighted by Gasteiger charge is -2.11. The smallest absolute Gasteiger partial charge is 0.356 e. The summed E-state index contributed by atoms with van der Waals surface area (Å²) in [6.45, 7) is 4.58. The predicted molar refractivity (Wildman–Crippen MR) is 103 cm³/mol. The van der Waals surface area contributed by atoms with Crippen molar-refractivity contribution >= 4 is 17.6 Å². The minimum atomic E-state index is -1.04. The molecule has 0 saturated carbocycles. The Kier molecular flexibility index (Phi) is 5.11. The van der Waals surface area contributed by atoms with Gasteiger partial charge in [-0.25, -0.2) is 4.79 Å². The van der Waals surface area contributed by atoms with Crippen LogP contribution >= 0.6 is 11.6 Å². The normalized spacial score (nSPS) is 10.9. The molecule has 26 heavy (non-hydrogen) atoms. The van der Waals surface area contributed by atoms with Crippen LogP contribution in [-0.2, 0) is 13.1 Å². The predicted octanol–water partition coefficient (Wildman–Crippen LogP) is 4.03. The molecular weight excluding hydrogens is 350 g/mol. The molecule has 134 valence electrons. The molecular formula is C20H20ClN3O2. The zero-order valence-corrected chi connectivity index (χ0v) is 15.4. The van der Waals surface area contributed by atoms with E-state index in [0.717, 1.165) is 22.4 Å². The first-order valence-electron chi connectivity index (χ1n) is 8.25. The molecule has 0 aliphatic carbocycles. The number of halogens is 1. The van der Waals surface area contributed by atoms with Crippen LogP contribution in [0.5, 0.6) is 0 Å². The zero-order chi connectivity index (χ0) is 18.8. The summed E-state index contributed by atoms with van der Waals surface area (Å²) in [5.41, 5.74) is 11.1. The number of nitrogens with zero attached hydrogens (tertiary/aromatic N) is 2. The molecule has 3 N–H and O–H groups in total. The van der Waals surface area contributed by atoms with Crippen molar-refractivity contribution in [2.24, 2.45) is 5.73 Å². The first kappa shape index (κ1) is 18.2. The molecule has 2 aromatic carbocycles. The lowest BCUT2D eigenvalue weighted by molar-refractivity contribution is 0.0688. The second kappa shape index (κ2) is 7.32. The maximum Gasteiger partial charge on any atom is 0.356 e. The molecule has 0 unspecified atom stereocenters. The van der Waals surface area contributed by atoms with Crippen molar-refractivity contribution in [2.75, 3.05) is 0 Å². The largest absolute Gasteiger partial charge is 0.476 e. The van der Waals surface area contributed by atoms with E-state index in [1.54, 1.807) is 17.7 Å². The van der Waals surface area contributed by atoms with E-state index >= 15 is 0 Å². The molecule has 0 saturated heterocycles. The number of carbonyl (C=O) groups is 1. The van der Waals surface area contributed by atoms with Crippen LogP contribution in [0.1, 0.15) is 32.7 Å². The molecule has 0 fully saturated rings. The molecule has 0 amide bonds. The minimum absolute atomic E-state index is 0.0522. The second-order valence-corrected chi connectivity index (χ2v) is 6.69. The van der Waals surface area contributed by atoms with Crippen molar-refractivity contribution in [3.63, 3.8) is 0 Å². The molecule has 6 heteroatoms. The second-order valence-electron chi connectivity index (χ2n) is 6.28. The van der Waals surface area contributed by atoms with Crippen LogP contribution in [0.4, 0.5) is 0 Å². The van der Waals surface area contributed by atoms with Crippen LogP contribution in [0.2, 0.25) is 5.02 Å². The summed E-state index contributed by atoms with van der Waals surface area (Å²) in [7, 11) is 0. The number of hydrogen-bond donors (Lipinski definition) is 2. The fourth-order valence-corrected chi connectivity index (χ4v) is 3.17. The number of aryl methyl sites for hydroxylation is 1. The van der Waals surface area contributed by atoms with Gasteiger partial charge < -0.3 is 10.8 Å². The zero-order valence-electron chi connectivity index (χ0n) is 14.7. The number of hydrogen-bond acceptors (Lipinski definition) is 3. The van der Waals surface area contributed by atoms with Gasteiger partial charge in [-0.15, -0.1) is 0 Å². The van der Waals surface area contributed by atoms with Crippen molar-refractivity contribution in [1.82, 2.24) is 9.78 Å². The number of aromatic nitrogens is 2. The maximum atomic E-state index is 11.6. The third-order valence-corrected chi connectivity index (χ3v) is 4.75. The van der Waals surface area contributed by atoms with Crippen LogP contribution in [0.25, 0.3) is 11.3 Å². The summed E-state index contributed by atoms with van der Waals surface area (Å²) in [6.07, 6.45) is 0. The third-order valence-electron chi connectivity index (χ3n) is 4.38. The average molecular weight is 370 g/mol. The Bertz CT molecular complexity index is 962. The molecule has 0 aliphatic heterocycles. The first-order chi connectivity index (χ1) is 12.4. The van der Waals surface area contributed by atoms with Gasteiger partial charge in [0.05, 0.1) is 12.2 Å². The molecule has 1 aromatic heterocycles. The average Bonchev–Trinajstić information content (AvgIpc) is 2.94. The number of rotatable bonds is 5. The third kappa shape index (κ3) is 3.49. The Morgan fingerprint density at radius 2 is 1.88 bits per heavy atom. The molecule has 5 nitrogen and oxygen atoms in total.